The van der Waals surface area contributed by atoms with Crippen LogP contribution in [0, 0.1) is 17.8 Å². The Kier molecular flexibility index (Phi) is 4.16. The van der Waals surface area contributed by atoms with Gasteiger partial charge in [-0.2, -0.15) is 0 Å². The highest BCUT2D eigenvalue weighted by atomic mass is 16.1. The van der Waals surface area contributed by atoms with Gasteiger partial charge in [0.05, 0.1) is 0 Å². The summed E-state index contributed by atoms with van der Waals surface area (Å²) in [5.41, 5.74) is 5.28. The molecular weight excluding hydrogens is 138 g/mol. The fourth-order valence-electron chi connectivity index (χ4n) is 1.52. The zero-order valence-electron chi connectivity index (χ0n) is 7.92. The Morgan fingerprint density at radius 1 is 1.36 bits per heavy atom. The van der Waals surface area contributed by atoms with Gasteiger partial charge in [0.15, 0.2) is 0 Å². The highest BCUT2D eigenvalue weighted by Crippen LogP contribution is 2.22. The first-order valence-corrected chi connectivity index (χ1v) is 4.30. The Bertz CT molecular complexity index is 132. The van der Waals surface area contributed by atoms with Gasteiger partial charge in [0.25, 0.3) is 0 Å². The summed E-state index contributed by atoms with van der Waals surface area (Å²) in [6.07, 6.45) is 1.02. The standard InChI is InChI=1S/C9H19NO/c1-5-7(4)8(6(2)3)9(10)11/h6-8H,5H2,1-4H3,(H2,10,11). The molecule has 2 nitrogen and oxygen atoms in total. The summed E-state index contributed by atoms with van der Waals surface area (Å²) in [5.74, 6) is 0.657. The van der Waals surface area contributed by atoms with Gasteiger partial charge in [-0.25, -0.2) is 0 Å². The van der Waals surface area contributed by atoms with Crippen LogP contribution in [0.4, 0.5) is 0 Å². The van der Waals surface area contributed by atoms with Crippen molar-refractivity contribution in [3.05, 3.63) is 0 Å². The molecule has 0 rings (SSSR count). The molecule has 2 heteroatoms. The molecular formula is C9H19NO. The Hall–Kier alpha value is -0.530. The van der Waals surface area contributed by atoms with Gasteiger partial charge >= 0.3 is 0 Å². The lowest BCUT2D eigenvalue weighted by Crippen LogP contribution is -2.32. The van der Waals surface area contributed by atoms with Crippen LogP contribution in [0.2, 0.25) is 0 Å². The second kappa shape index (κ2) is 4.37. The molecule has 0 radical (unpaired) electrons. The van der Waals surface area contributed by atoms with Crippen LogP contribution in [0.25, 0.3) is 0 Å². The van der Waals surface area contributed by atoms with Gasteiger partial charge in [-0.15, -0.1) is 0 Å². The molecule has 0 bridgehead atoms. The molecule has 0 spiro atoms. The van der Waals surface area contributed by atoms with Crippen LogP contribution < -0.4 is 5.73 Å². The smallest absolute Gasteiger partial charge is 0.221 e. The third kappa shape index (κ3) is 2.91. The first-order valence-electron chi connectivity index (χ1n) is 4.30. The highest BCUT2D eigenvalue weighted by molar-refractivity contribution is 5.77. The van der Waals surface area contributed by atoms with Crippen molar-refractivity contribution in [3.63, 3.8) is 0 Å². The predicted molar refractivity (Wildman–Crippen MR) is 47.0 cm³/mol. The SMILES string of the molecule is CCC(C)C(C(N)=O)C(C)C. The number of hydrogen-bond acceptors (Lipinski definition) is 1. The minimum absolute atomic E-state index is 0.0417. The van der Waals surface area contributed by atoms with E-state index in [9.17, 15) is 4.79 Å². The number of rotatable bonds is 4. The number of amides is 1. The summed E-state index contributed by atoms with van der Waals surface area (Å²) in [7, 11) is 0. The molecule has 0 aliphatic heterocycles. The molecule has 0 aliphatic carbocycles. The van der Waals surface area contributed by atoms with Crippen molar-refractivity contribution >= 4 is 5.91 Å². The van der Waals surface area contributed by atoms with Crippen molar-refractivity contribution in [2.75, 3.05) is 0 Å². The molecule has 0 aromatic rings. The molecule has 2 N–H and O–H groups in total. The van der Waals surface area contributed by atoms with E-state index in [4.69, 9.17) is 5.73 Å². The second-order valence-electron chi connectivity index (χ2n) is 3.56. The molecule has 0 saturated heterocycles. The molecule has 0 aromatic heterocycles. The minimum Gasteiger partial charge on any atom is -0.369 e. The molecule has 1 amide bonds. The lowest BCUT2D eigenvalue weighted by Gasteiger charge is -2.22. The summed E-state index contributed by atoms with van der Waals surface area (Å²) < 4.78 is 0. The highest BCUT2D eigenvalue weighted by Gasteiger charge is 2.24. The van der Waals surface area contributed by atoms with Crippen LogP contribution in [0.5, 0.6) is 0 Å². The monoisotopic (exact) mass is 157 g/mol. The maximum atomic E-state index is 11.0. The van der Waals surface area contributed by atoms with E-state index in [1.165, 1.54) is 0 Å². The Labute approximate surface area is 69.2 Å². The van der Waals surface area contributed by atoms with Gasteiger partial charge in [0, 0.05) is 5.92 Å². The molecule has 11 heavy (non-hydrogen) atoms. The van der Waals surface area contributed by atoms with Gasteiger partial charge in [-0.1, -0.05) is 34.1 Å². The third-order valence-corrected chi connectivity index (χ3v) is 2.30. The lowest BCUT2D eigenvalue weighted by molar-refractivity contribution is -0.124. The van der Waals surface area contributed by atoms with E-state index in [-0.39, 0.29) is 11.8 Å². The van der Waals surface area contributed by atoms with Crippen molar-refractivity contribution in [2.45, 2.75) is 34.1 Å². The van der Waals surface area contributed by atoms with Crippen molar-refractivity contribution in [1.29, 1.82) is 0 Å². The molecule has 0 heterocycles. The summed E-state index contributed by atoms with van der Waals surface area (Å²) in [6.45, 7) is 8.25. The van der Waals surface area contributed by atoms with Crippen molar-refractivity contribution in [2.24, 2.45) is 23.5 Å². The van der Waals surface area contributed by atoms with Crippen LogP contribution >= 0.6 is 0 Å². The van der Waals surface area contributed by atoms with Crippen LogP contribution in [0.3, 0.4) is 0 Å². The number of carbonyl (C=O) groups excluding carboxylic acids is 1. The van der Waals surface area contributed by atoms with Crippen LogP contribution in [-0.4, -0.2) is 5.91 Å². The maximum absolute atomic E-state index is 11.0. The molecule has 66 valence electrons. The Morgan fingerprint density at radius 2 is 1.82 bits per heavy atom. The maximum Gasteiger partial charge on any atom is 0.221 e. The zero-order chi connectivity index (χ0) is 9.02. The normalized spacial score (nSPS) is 16.5. The summed E-state index contributed by atoms with van der Waals surface area (Å²) in [5, 5.41) is 0. The van der Waals surface area contributed by atoms with E-state index >= 15 is 0 Å². The zero-order valence-corrected chi connectivity index (χ0v) is 7.92. The van der Waals surface area contributed by atoms with Crippen LogP contribution in [-0.2, 0) is 4.79 Å². The molecule has 0 saturated carbocycles. The van der Waals surface area contributed by atoms with E-state index in [1.807, 2.05) is 13.8 Å². The van der Waals surface area contributed by atoms with Crippen LogP contribution in [0.15, 0.2) is 0 Å². The molecule has 0 aromatic carbocycles. The van der Waals surface area contributed by atoms with E-state index in [1.54, 1.807) is 0 Å². The van der Waals surface area contributed by atoms with Gasteiger partial charge in [0.1, 0.15) is 0 Å². The summed E-state index contributed by atoms with van der Waals surface area (Å²) >= 11 is 0. The number of nitrogens with two attached hydrogens (primary N) is 1. The summed E-state index contributed by atoms with van der Waals surface area (Å²) in [4.78, 5) is 11.0. The number of primary amides is 1. The topological polar surface area (TPSA) is 43.1 Å². The van der Waals surface area contributed by atoms with E-state index < -0.39 is 0 Å². The Morgan fingerprint density at radius 3 is 1.91 bits per heavy atom. The minimum atomic E-state index is -0.158. The first kappa shape index (κ1) is 10.5. The average Bonchev–Trinajstić information content (AvgIpc) is 1.85. The predicted octanol–water partition coefficient (Wildman–Crippen LogP) is 1.79. The van der Waals surface area contributed by atoms with E-state index in [0.29, 0.717) is 11.8 Å². The largest absolute Gasteiger partial charge is 0.369 e. The second-order valence-corrected chi connectivity index (χ2v) is 3.56. The lowest BCUT2D eigenvalue weighted by atomic mass is 9.82. The Balaban J connectivity index is 4.21. The quantitative estimate of drug-likeness (QED) is 0.664. The summed E-state index contributed by atoms with van der Waals surface area (Å²) in [6, 6.07) is 0. The van der Waals surface area contributed by atoms with Gasteiger partial charge in [-0.05, 0) is 11.8 Å². The van der Waals surface area contributed by atoms with E-state index in [2.05, 4.69) is 13.8 Å². The van der Waals surface area contributed by atoms with Crippen molar-refractivity contribution in [1.82, 2.24) is 0 Å². The van der Waals surface area contributed by atoms with Gasteiger partial charge in [-0.3, -0.25) is 4.79 Å². The van der Waals surface area contributed by atoms with E-state index in [0.717, 1.165) is 6.42 Å². The van der Waals surface area contributed by atoms with Gasteiger partial charge < -0.3 is 5.73 Å². The molecule has 0 fully saturated rings. The number of carbonyl (C=O) groups is 1. The molecule has 2 unspecified atom stereocenters. The van der Waals surface area contributed by atoms with Crippen LogP contribution in [0.1, 0.15) is 34.1 Å². The third-order valence-electron chi connectivity index (χ3n) is 2.30. The average molecular weight is 157 g/mol. The molecule has 2 atom stereocenters. The first-order chi connectivity index (χ1) is 5.00. The molecule has 0 aliphatic rings. The fourth-order valence-corrected chi connectivity index (χ4v) is 1.52. The number of hydrogen-bond donors (Lipinski definition) is 1. The van der Waals surface area contributed by atoms with Gasteiger partial charge in [0.2, 0.25) is 5.91 Å². The van der Waals surface area contributed by atoms with Crippen molar-refractivity contribution in [3.8, 4) is 0 Å². The fraction of sp³-hybridized carbons (Fsp3) is 0.889. The van der Waals surface area contributed by atoms with Crippen molar-refractivity contribution < 1.29 is 4.79 Å².